The summed E-state index contributed by atoms with van der Waals surface area (Å²) in [7, 11) is 3.50. The Morgan fingerprint density at radius 1 is 0.690 bits per heavy atom. The van der Waals surface area contributed by atoms with Crippen molar-refractivity contribution in [2.75, 3.05) is 93.4 Å². The number of nitrogens with zero attached hydrogens (tertiary/aromatic N) is 3. The summed E-state index contributed by atoms with van der Waals surface area (Å²) in [5, 5.41) is 0. The van der Waals surface area contributed by atoms with Crippen LogP contribution in [0.25, 0.3) is 33.7 Å². The fourth-order valence-electron chi connectivity index (χ4n) is 7.83. The van der Waals surface area contributed by atoms with Crippen molar-refractivity contribution in [1.82, 2.24) is 24.8 Å². The predicted molar refractivity (Wildman–Crippen MR) is 232 cm³/mol. The van der Waals surface area contributed by atoms with Gasteiger partial charge in [0.15, 0.2) is 0 Å². The minimum absolute atomic E-state index is 0.0753. The van der Waals surface area contributed by atoms with Crippen LogP contribution in [0.3, 0.4) is 0 Å². The summed E-state index contributed by atoms with van der Waals surface area (Å²) in [6.45, 7) is 21.5. The second-order valence-corrected chi connectivity index (χ2v) is 15.3. The van der Waals surface area contributed by atoms with Crippen LogP contribution in [0.2, 0.25) is 0 Å². The van der Waals surface area contributed by atoms with E-state index in [9.17, 15) is 4.79 Å². The Kier molecular flexibility index (Phi) is 17.5. The van der Waals surface area contributed by atoms with E-state index in [4.69, 9.17) is 38.4 Å². The first-order valence-corrected chi connectivity index (χ1v) is 21.1. The van der Waals surface area contributed by atoms with Crippen molar-refractivity contribution < 1.29 is 33.2 Å². The van der Waals surface area contributed by atoms with Crippen LogP contribution in [0.1, 0.15) is 103 Å². The van der Waals surface area contributed by atoms with Crippen molar-refractivity contribution >= 4 is 39.6 Å². The molecule has 2 atom stereocenters. The summed E-state index contributed by atoms with van der Waals surface area (Å²) >= 11 is 0. The van der Waals surface area contributed by atoms with Crippen molar-refractivity contribution in [1.29, 1.82) is 0 Å². The zero-order valence-electron chi connectivity index (χ0n) is 36.5. The smallest absolute Gasteiger partial charge is 0.222 e. The maximum atomic E-state index is 13.5. The SMILES string of the molecule is CCc1c(C)c2cc3[nH]c(cc4nc(c(C)c5nc(cc1[nH]2)C(C)=C5)[C@@H](CCC(=O)N(C)CCOCCOCCOCCOCCOCCOC)[C@@H]4C)c(C)c3CC. The quantitative estimate of drug-likeness (QED) is 0.0923. The topological polar surface area (TPSA) is 133 Å². The molecular weight excluding hydrogens is 735 g/mol. The molecule has 0 aliphatic carbocycles. The average Bonchev–Trinajstić information content (AvgIpc) is 3.92. The van der Waals surface area contributed by atoms with Gasteiger partial charge in [0.25, 0.3) is 0 Å². The number of carbonyl (C=O) groups is 1. The zero-order chi connectivity index (χ0) is 41.6. The number of rotatable bonds is 23. The van der Waals surface area contributed by atoms with Crippen LogP contribution in [0, 0.1) is 20.8 Å². The zero-order valence-corrected chi connectivity index (χ0v) is 36.5. The van der Waals surface area contributed by atoms with Crippen molar-refractivity contribution in [3.05, 3.63) is 68.8 Å². The minimum atomic E-state index is 0.0753. The number of fused-ring (bicyclic) bond motifs is 8. The van der Waals surface area contributed by atoms with Gasteiger partial charge < -0.3 is 43.3 Å². The Balaban J connectivity index is 1.19. The molecule has 2 aliphatic rings. The highest BCUT2D eigenvalue weighted by atomic mass is 16.6. The molecule has 0 spiro atoms. The average molecular weight is 802 g/mol. The van der Waals surface area contributed by atoms with Crippen LogP contribution in [0.5, 0.6) is 0 Å². The molecular formula is C46H67N5O7. The standard InChI is InChI=1S/C46H67N5O7/c1-10-35-32(5)41-29-44-36(11-2)31(4)40(48-44)28-42-33(6)37(46(50-42)34(7)39-26-30(3)38(47-39)27-43(35)49-41)12-13-45(52)51(8)14-15-54-18-19-56-22-23-58-25-24-57-21-20-55-17-16-53-9/h26-29,33,37,48-49H,10-25H2,1-9H3/t33-,37-/m0/s1. The molecule has 58 heavy (non-hydrogen) atoms. The normalized spacial score (nSPS) is 15.3. The Bertz CT molecular complexity index is 2020. The largest absolute Gasteiger partial charge is 0.382 e. The van der Waals surface area contributed by atoms with E-state index < -0.39 is 0 Å². The predicted octanol–water partition coefficient (Wildman–Crippen LogP) is 7.78. The third-order valence-electron chi connectivity index (χ3n) is 11.5. The molecule has 318 valence electrons. The van der Waals surface area contributed by atoms with E-state index in [0.717, 1.165) is 68.8 Å². The van der Waals surface area contributed by atoms with Crippen LogP contribution in [-0.4, -0.2) is 124 Å². The second-order valence-electron chi connectivity index (χ2n) is 15.3. The van der Waals surface area contributed by atoms with Gasteiger partial charge >= 0.3 is 0 Å². The van der Waals surface area contributed by atoms with E-state index in [1.807, 2.05) is 7.05 Å². The Morgan fingerprint density at radius 2 is 1.21 bits per heavy atom. The molecule has 3 aromatic heterocycles. The van der Waals surface area contributed by atoms with Crippen LogP contribution < -0.4 is 0 Å². The monoisotopic (exact) mass is 802 g/mol. The first-order chi connectivity index (χ1) is 28.1. The number of hydrogen-bond donors (Lipinski definition) is 2. The van der Waals surface area contributed by atoms with Gasteiger partial charge in [-0.05, 0) is 105 Å². The number of aromatic nitrogens is 4. The van der Waals surface area contributed by atoms with Crippen LogP contribution in [-0.2, 0) is 46.1 Å². The molecule has 3 aromatic rings. The number of likely N-dealkylation sites (N-methyl/N-ethyl adjacent to an activating group) is 1. The van der Waals surface area contributed by atoms with Crippen LogP contribution in [0.4, 0.5) is 0 Å². The highest BCUT2D eigenvalue weighted by Gasteiger charge is 2.32. The summed E-state index contributed by atoms with van der Waals surface area (Å²) in [5.41, 5.74) is 15.7. The molecule has 0 unspecified atom stereocenters. The number of hydrogen-bond acceptors (Lipinski definition) is 9. The number of amides is 1. The van der Waals surface area contributed by atoms with Crippen molar-refractivity contribution in [2.24, 2.45) is 0 Å². The molecule has 0 radical (unpaired) electrons. The van der Waals surface area contributed by atoms with Gasteiger partial charge in [0.1, 0.15) is 0 Å². The Morgan fingerprint density at radius 3 is 1.76 bits per heavy atom. The lowest BCUT2D eigenvalue weighted by Gasteiger charge is -2.21. The maximum absolute atomic E-state index is 13.5. The summed E-state index contributed by atoms with van der Waals surface area (Å²) in [6, 6.07) is 6.68. The van der Waals surface area contributed by atoms with E-state index in [2.05, 4.69) is 82.7 Å². The summed E-state index contributed by atoms with van der Waals surface area (Å²) in [6.07, 6.45) is 5.13. The van der Waals surface area contributed by atoms with Gasteiger partial charge in [0.2, 0.25) is 5.91 Å². The molecule has 5 rings (SSSR count). The maximum Gasteiger partial charge on any atom is 0.222 e. The van der Waals surface area contributed by atoms with Crippen molar-refractivity contribution in [3.8, 4) is 0 Å². The van der Waals surface area contributed by atoms with E-state index in [0.29, 0.717) is 92.1 Å². The van der Waals surface area contributed by atoms with Crippen LogP contribution >= 0.6 is 0 Å². The lowest BCUT2D eigenvalue weighted by Crippen LogP contribution is -2.30. The van der Waals surface area contributed by atoms with Gasteiger partial charge in [-0.25, -0.2) is 4.98 Å². The molecule has 1 amide bonds. The number of methoxy groups -OCH3 is 1. The lowest BCUT2D eigenvalue weighted by atomic mass is 9.85. The van der Waals surface area contributed by atoms with E-state index >= 15 is 0 Å². The van der Waals surface area contributed by atoms with E-state index in [1.165, 1.54) is 22.3 Å². The van der Waals surface area contributed by atoms with Gasteiger partial charge in [0, 0.05) is 72.4 Å². The number of nitrogens with one attached hydrogen (secondary N) is 2. The molecule has 12 heteroatoms. The molecule has 0 aromatic carbocycles. The molecule has 8 bridgehead atoms. The van der Waals surface area contributed by atoms with Gasteiger partial charge in [-0.15, -0.1) is 0 Å². The fourth-order valence-corrected chi connectivity index (χ4v) is 7.83. The molecule has 2 aliphatic heterocycles. The van der Waals surface area contributed by atoms with Crippen molar-refractivity contribution in [2.45, 2.75) is 86.0 Å². The third kappa shape index (κ3) is 11.6. The van der Waals surface area contributed by atoms with Gasteiger partial charge in [-0.3, -0.25) is 9.78 Å². The molecule has 2 N–H and O–H groups in total. The molecule has 0 saturated heterocycles. The fraction of sp³-hybridized carbons (Fsp3) is 0.587. The summed E-state index contributed by atoms with van der Waals surface area (Å²) in [5.74, 6) is 0.296. The number of allylic oxidation sites excluding steroid dienone is 1. The second kappa shape index (κ2) is 22.5. The summed E-state index contributed by atoms with van der Waals surface area (Å²) in [4.78, 5) is 33.2. The number of aryl methyl sites for hydroxylation is 4. The summed E-state index contributed by atoms with van der Waals surface area (Å²) < 4.78 is 32.7. The van der Waals surface area contributed by atoms with Gasteiger partial charge in [0.05, 0.1) is 84.1 Å². The highest BCUT2D eigenvalue weighted by Crippen LogP contribution is 2.42. The van der Waals surface area contributed by atoms with E-state index in [-0.39, 0.29) is 17.7 Å². The molecule has 0 fully saturated rings. The molecule has 5 heterocycles. The van der Waals surface area contributed by atoms with E-state index in [1.54, 1.807) is 12.0 Å². The first-order valence-electron chi connectivity index (χ1n) is 21.1. The highest BCUT2D eigenvalue weighted by molar-refractivity contribution is 5.85. The Hall–Kier alpha value is -3.91. The number of H-pyrrole nitrogens is 2. The minimum Gasteiger partial charge on any atom is -0.382 e. The lowest BCUT2D eigenvalue weighted by molar-refractivity contribution is -0.130. The van der Waals surface area contributed by atoms with Crippen molar-refractivity contribution in [3.63, 3.8) is 0 Å². The molecule has 12 nitrogen and oxygen atoms in total. The van der Waals surface area contributed by atoms with Crippen LogP contribution in [0.15, 0.2) is 18.2 Å². The molecule has 0 saturated carbocycles. The van der Waals surface area contributed by atoms with Gasteiger partial charge in [-0.2, -0.15) is 0 Å². The number of ether oxygens (including phenoxy) is 6. The van der Waals surface area contributed by atoms with Gasteiger partial charge in [-0.1, -0.05) is 20.8 Å². The number of aromatic amines is 2. The third-order valence-corrected chi connectivity index (χ3v) is 11.5. The number of carbonyl (C=O) groups excluding carboxylic acids is 1. The first kappa shape index (κ1) is 45.2. The Labute approximate surface area is 345 Å².